The van der Waals surface area contributed by atoms with Gasteiger partial charge in [0.05, 0.1) is 6.61 Å². The Balaban J connectivity index is 1.63. The second-order valence-electron chi connectivity index (χ2n) is 6.16. The van der Waals surface area contributed by atoms with E-state index in [0.717, 1.165) is 42.6 Å². The van der Waals surface area contributed by atoms with Gasteiger partial charge in [-0.3, -0.25) is 9.69 Å². The molecule has 0 spiro atoms. The van der Waals surface area contributed by atoms with E-state index in [-0.39, 0.29) is 0 Å². The van der Waals surface area contributed by atoms with Crippen LogP contribution in [0.15, 0.2) is 16.6 Å². The van der Waals surface area contributed by atoms with Gasteiger partial charge in [0.25, 0.3) is 0 Å². The summed E-state index contributed by atoms with van der Waals surface area (Å²) in [5.41, 5.74) is 2.59. The zero-order valence-electron chi connectivity index (χ0n) is 11.4. The summed E-state index contributed by atoms with van der Waals surface area (Å²) < 4.78 is 6.96. The number of ketones is 1. The highest BCUT2D eigenvalue weighted by Crippen LogP contribution is 2.39. The van der Waals surface area contributed by atoms with E-state index in [1.807, 2.05) is 0 Å². The third kappa shape index (κ3) is 2.09. The van der Waals surface area contributed by atoms with Gasteiger partial charge in [-0.2, -0.15) is 0 Å². The molecular formula is C16H18BrNO2. The van der Waals surface area contributed by atoms with Crippen LogP contribution in [0.25, 0.3) is 0 Å². The first-order valence-corrected chi connectivity index (χ1v) is 8.21. The summed E-state index contributed by atoms with van der Waals surface area (Å²) in [4.78, 5) is 14.2. The lowest BCUT2D eigenvalue weighted by atomic mass is 9.99. The molecule has 2 fully saturated rings. The minimum Gasteiger partial charge on any atom is -0.493 e. The van der Waals surface area contributed by atoms with Gasteiger partial charge in [0.1, 0.15) is 11.5 Å². The molecule has 4 heteroatoms. The van der Waals surface area contributed by atoms with Crippen molar-refractivity contribution in [1.29, 1.82) is 0 Å². The van der Waals surface area contributed by atoms with Crippen molar-refractivity contribution in [3.63, 3.8) is 0 Å². The summed E-state index contributed by atoms with van der Waals surface area (Å²) in [6, 6.07) is 5.26. The number of halogens is 1. The summed E-state index contributed by atoms with van der Waals surface area (Å²) in [6.45, 7) is 1.72. The number of carbonyl (C=O) groups excluding carboxylic acids is 1. The number of carbonyl (C=O) groups is 1. The van der Waals surface area contributed by atoms with Crippen LogP contribution in [0.3, 0.4) is 0 Å². The fraction of sp³-hybridized carbons (Fsp3) is 0.562. The first-order valence-electron chi connectivity index (χ1n) is 7.42. The lowest BCUT2D eigenvalue weighted by Crippen LogP contribution is -2.42. The van der Waals surface area contributed by atoms with Crippen LogP contribution in [-0.2, 0) is 17.8 Å². The molecule has 2 unspecified atom stereocenters. The third-order valence-corrected chi connectivity index (χ3v) is 5.33. The summed E-state index contributed by atoms with van der Waals surface area (Å²) in [5.74, 6) is 1.54. The lowest BCUT2D eigenvalue weighted by molar-refractivity contribution is -0.123. The van der Waals surface area contributed by atoms with Gasteiger partial charge in [-0.15, -0.1) is 0 Å². The molecule has 0 radical (unpaired) electrons. The van der Waals surface area contributed by atoms with Crippen LogP contribution < -0.4 is 4.74 Å². The van der Waals surface area contributed by atoms with Crippen LogP contribution in [0.5, 0.6) is 5.75 Å². The maximum atomic E-state index is 11.7. The monoisotopic (exact) mass is 335 g/mol. The van der Waals surface area contributed by atoms with Crippen molar-refractivity contribution in [2.75, 3.05) is 6.61 Å². The second kappa shape index (κ2) is 4.85. The van der Waals surface area contributed by atoms with Crippen LogP contribution in [-0.4, -0.2) is 29.4 Å². The van der Waals surface area contributed by atoms with Crippen molar-refractivity contribution >= 4 is 21.7 Å². The first-order chi connectivity index (χ1) is 9.70. The fourth-order valence-electron chi connectivity index (χ4n) is 3.98. The molecule has 3 heterocycles. The Morgan fingerprint density at radius 3 is 2.75 bits per heavy atom. The molecule has 0 N–H and O–H groups in total. The minimum absolute atomic E-state index is 0.449. The average Bonchev–Trinajstić information content (AvgIpc) is 2.94. The van der Waals surface area contributed by atoms with Gasteiger partial charge in [-0.25, -0.2) is 0 Å². The predicted molar refractivity (Wildman–Crippen MR) is 79.9 cm³/mol. The van der Waals surface area contributed by atoms with Crippen LogP contribution in [0, 0.1) is 0 Å². The Labute approximate surface area is 127 Å². The van der Waals surface area contributed by atoms with Gasteiger partial charge in [0, 0.05) is 47.9 Å². The largest absolute Gasteiger partial charge is 0.493 e. The number of rotatable bonds is 2. The highest BCUT2D eigenvalue weighted by atomic mass is 79.9. The maximum Gasteiger partial charge on any atom is 0.136 e. The third-order valence-electron chi connectivity index (χ3n) is 4.88. The van der Waals surface area contributed by atoms with E-state index in [0.29, 0.717) is 17.9 Å². The van der Waals surface area contributed by atoms with Gasteiger partial charge in [0.2, 0.25) is 0 Å². The van der Waals surface area contributed by atoms with E-state index in [4.69, 9.17) is 4.74 Å². The highest BCUT2D eigenvalue weighted by molar-refractivity contribution is 9.10. The van der Waals surface area contributed by atoms with Crippen LogP contribution >= 0.6 is 15.9 Å². The number of hydrogen-bond donors (Lipinski definition) is 0. The van der Waals surface area contributed by atoms with E-state index in [1.165, 1.54) is 24.0 Å². The van der Waals surface area contributed by atoms with Gasteiger partial charge >= 0.3 is 0 Å². The van der Waals surface area contributed by atoms with E-state index < -0.39 is 0 Å². The van der Waals surface area contributed by atoms with Crippen molar-refractivity contribution in [2.45, 2.75) is 50.7 Å². The molecule has 1 aromatic rings. The number of fused-ring (bicyclic) bond motifs is 3. The molecule has 20 heavy (non-hydrogen) atoms. The molecule has 0 aliphatic carbocycles. The summed E-state index contributed by atoms with van der Waals surface area (Å²) in [6.07, 6.45) is 4.84. The van der Waals surface area contributed by atoms with Gasteiger partial charge in [-0.05, 0) is 30.5 Å². The van der Waals surface area contributed by atoms with Crippen molar-refractivity contribution < 1.29 is 9.53 Å². The summed E-state index contributed by atoms with van der Waals surface area (Å²) in [5, 5.41) is 0. The Morgan fingerprint density at radius 1 is 1.25 bits per heavy atom. The average molecular weight is 336 g/mol. The molecule has 2 saturated heterocycles. The SMILES string of the molecule is O=C1CC2CCC(C1)N2Cc1cc(Br)cc2c1OCC2. The van der Waals surface area contributed by atoms with Crippen LogP contribution in [0.2, 0.25) is 0 Å². The molecule has 1 aromatic carbocycles. The van der Waals surface area contributed by atoms with Gasteiger partial charge < -0.3 is 4.74 Å². The zero-order chi connectivity index (χ0) is 13.7. The standard InChI is InChI=1S/C16H18BrNO2/c17-12-5-10-3-4-20-16(10)11(6-12)9-18-13-1-2-14(18)8-15(19)7-13/h5-6,13-14H,1-4,7-9H2. The smallest absolute Gasteiger partial charge is 0.136 e. The van der Waals surface area contributed by atoms with E-state index in [9.17, 15) is 4.79 Å². The van der Waals surface area contributed by atoms with Gasteiger partial charge in [0.15, 0.2) is 0 Å². The highest BCUT2D eigenvalue weighted by Gasteiger charge is 2.40. The number of nitrogens with zero attached hydrogens (tertiary/aromatic N) is 1. The Hall–Kier alpha value is -0.870. The minimum atomic E-state index is 0.449. The van der Waals surface area contributed by atoms with Crippen LogP contribution in [0.1, 0.15) is 36.8 Å². The van der Waals surface area contributed by atoms with Crippen molar-refractivity contribution in [3.05, 3.63) is 27.7 Å². The molecule has 106 valence electrons. The van der Waals surface area contributed by atoms with Crippen molar-refractivity contribution in [3.8, 4) is 5.75 Å². The molecule has 0 aromatic heterocycles. The second-order valence-corrected chi connectivity index (χ2v) is 7.07. The number of ether oxygens (including phenoxy) is 1. The molecule has 2 bridgehead atoms. The molecule has 0 amide bonds. The first kappa shape index (κ1) is 12.8. The van der Waals surface area contributed by atoms with Crippen molar-refractivity contribution in [2.24, 2.45) is 0 Å². The summed E-state index contributed by atoms with van der Waals surface area (Å²) in [7, 11) is 0. The Morgan fingerprint density at radius 2 is 2.00 bits per heavy atom. The van der Waals surface area contributed by atoms with E-state index >= 15 is 0 Å². The molecule has 3 nitrogen and oxygen atoms in total. The quantitative estimate of drug-likeness (QED) is 0.831. The molecular weight excluding hydrogens is 318 g/mol. The number of piperidine rings is 1. The number of hydrogen-bond acceptors (Lipinski definition) is 3. The van der Waals surface area contributed by atoms with Gasteiger partial charge in [-0.1, -0.05) is 15.9 Å². The Kier molecular flexibility index (Phi) is 3.11. The fourth-order valence-corrected chi connectivity index (χ4v) is 4.53. The predicted octanol–water partition coefficient (Wildman–Crippen LogP) is 3.08. The molecule has 2 atom stereocenters. The number of Topliss-reactive ketones (excluding diaryl/α,β-unsaturated/α-hetero) is 1. The lowest BCUT2D eigenvalue weighted by Gasteiger charge is -2.34. The Bertz CT molecular complexity index is 556. The number of benzene rings is 1. The van der Waals surface area contributed by atoms with E-state index in [1.54, 1.807) is 0 Å². The van der Waals surface area contributed by atoms with Crippen LogP contribution in [0.4, 0.5) is 0 Å². The van der Waals surface area contributed by atoms with E-state index in [2.05, 4.69) is 33.0 Å². The molecule has 4 rings (SSSR count). The van der Waals surface area contributed by atoms with Crippen molar-refractivity contribution in [1.82, 2.24) is 4.90 Å². The topological polar surface area (TPSA) is 29.5 Å². The maximum absolute atomic E-state index is 11.7. The normalized spacial score (nSPS) is 28.6. The molecule has 0 saturated carbocycles. The molecule has 3 aliphatic heterocycles. The zero-order valence-corrected chi connectivity index (χ0v) is 13.0. The molecule has 3 aliphatic rings. The summed E-state index contributed by atoms with van der Waals surface area (Å²) >= 11 is 3.61.